The number of hydrogen-bond donors (Lipinski definition) is 1. The fraction of sp³-hybridized carbons (Fsp3) is 0.143. The number of halogens is 2. The van der Waals surface area contributed by atoms with Gasteiger partial charge in [0, 0.05) is 14.1 Å². The van der Waals surface area contributed by atoms with E-state index in [0.29, 0.717) is 0 Å². The van der Waals surface area contributed by atoms with Crippen molar-refractivity contribution in [3.63, 3.8) is 0 Å². The van der Waals surface area contributed by atoms with Crippen molar-refractivity contribution >= 4 is 67.3 Å². The summed E-state index contributed by atoms with van der Waals surface area (Å²) in [6, 6.07) is 10.3. The van der Waals surface area contributed by atoms with Crippen LogP contribution in [0.3, 0.4) is 0 Å². The first kappa shape index (κ1) is 14.0. The number of rotatable bonds is 3. The molecule has 1 aromatic carbocycles. The lowest BCUT2D eigenvalue weighted by Crippen LogP contribution is -1.95. The van der Waals surface area contributed by atoms with Crippen molar-refractivity contribution in [2.75, 3.05) is 5.32 Å². The van der Waals surface area contributed by atoms with Gasteiger partial charge >= 0.3 is 0 Å². The molecule has 3 rings (SSSR count). The lowest BCUT2D eigenvalue weighted by atomic mass is 10.3. The zero-order chi connectivity index (χ0) is 14.1. The summed E-state index contributed by atoms with van der Waals surface area (Å²) >= 11 is 9.96. The van der Waals surface area contributed by atoms with Crippen molar-refractivity contribution < 1.29 is 0 Å². The summed E-state index contributed by atoms with van der Waals surface area (Å²) in [5, 5.41) is 4.62. The Labute approximate surface area is 139 Å². The second kappa shape index (κ2) is 5.83. The number of hydrogen-bond acceptors (Lipinski definition) is 4. The van der Waals surface area contributed by atoms with Gasteiger partial charge in [-0.05, 0) is 70.9 Å². The molecule has 0 unspecified atom stereocenters. The molecule has 1 N–H and O–H groups in total. The first-order chi connectivity index (χ1) is 9.65. The number of nitrogens with one attached hydrogen (secondary N) is 1. The highest BCUT2D eigenvalue weighted by Gasteiger charge is 2.10. The molecule has 3 aromatic rings. The number of fused-ring (bicyclic) bond motifs is 1. The minimum atomic E-state index is 0.273. The molecule has 0 amide bonds. The third kappa shape index (κ3) is 2.89. The van der Waals surface area contributed by atoms with Crippen LogP contribution in [0.1, 0.15) is 11.8 Å². The average molecular weight is 416 g/mol. The molecule has 102 valence electrons. The van der Waals surface area contributed by atoms with E-state index >= 15 is 0 Å². The summed E-state index contributed by atoms with van der Waals surface area (Å²) in [7, 11) is 0. The summed E-state index contributed by atoms with van der Waals surface area (Å²) in [5.41, 5.74) is 0.991. The van der Waals surface area contributed by atoms with Gasteiger partial charge in [-0.15, -0.1) is 11.3 Å². The fourth-order valence-corrected chi connectivity index (χ4v) is 3.43. The van der Waals surface area contributed by atoms with Crippen molar-refractivity contribution in [3.8, 4) is 0 Å². The van der Waals surface area contributed by atoms with Gasteiger partial charge in [0.15, 0.2) is 0 Å². The van der Waals surface area contributed by atoms with Gasteiger partial charge in [-0.2, -0.15) is 4.98 Å². The standard InChI is InChI=1S/C14H11ClIN3S/c1-2-10-7-11-12(18-14(15)19-13(11)20-10)17-9-5-3-8(16)4-6-9/h3-7H,2H2,1H3,(H,17,18,19). The number of nitrogens with zero attached hydrogens (tertiary/aromatic N) is 2. The van der Waals surface area contributed by atoms with E-state index in [0.717, 1.165) is 28.1 Å². The van der Waals surface area contributed by atoms with Crippen LogP contribution in [0.25, 0.3) is 10.2 Å². The highest BCUT2D eigenvalue weighted by Crippen LogP contribution is 2.31. The molecule has 2 aromatic heterocycles. The van der Waals surface area contributed by atoms with Crippen molar-refractivity contribution in [1.82, 2.24) is 9.97 Å². The van der Waals surface area contributed by atoms with Gasteiger partial charge in [-0.25, -0.2) is 4.98 Å². The van der Waals surface area contributed by atoms with Crippen LogP contribution in [-0.2, 0) is 6.42 Å². The molecule has 0 atom stereocenters. The second-order valence-corrected chi connectivity index (χ2v) is 6.96. The maximum atomic E-state index is 6.01. The third-order valence-corrected chi connectivity index (χ3v) is 4.93. The Bertz CT molecular complexity index is 755. The number of aromatic nitrogens is 2. The molecule has 0 radical (unpaired) electrons. The molecule has 0 aliphatic carbocycles. The molecule has 20 heavy (non-hydrogen) atoms. The molecule has 0 bridgehead atoms. The Hall–Kier alpha value is -0.920. The van der Waals surface area contributed by atoms with Crippen LogP contribution < -0.4 is 5.32 Å². The van der Waals surface area contributed by atoms with Crippen molar-refractivity contribution in [2.24, 2.45) is 0 Å². The predicted molar refractivity (Wildman–Crippen MR) is 94.2 cm³/mol. The molecular formula is C14H11ClIN3S. The second-order valence-electron chi connectivity index (χ2n) is 4.26. The van der Waals surface area contributed by atoms with Gasteiger partial charge in [0.25, 0.3) is 0 Å². The van der Waals surface area contributed by atoms with Crippen molar-refractivity contribution in [3.05, 3.63) is 44.1 Å². The van der Waals surface area contributed by atoms with E-state index in [1.54, 1.807) is 11.3 Å². The molecule has 0 fully saturated rings. The van der Waals surface area contributed by atoms with Gasteiger partial charge < -0.3 is 5.32 Å². The monoisotopic (exact) mass is 415 g/mol. The Morgan fingerprint density at radius 2 is 2.00 bits per heavy atom. The quantitative estimate of drug-likeness (QED) is 0.469. The minimum absolute atomic E-state index is 0.273. The first-order valence-electron chi connectivity index (χ1n) is 6.14. The number of benzene rings is 1. The molecule has 3 nitrogen and oxygen atoms in total. The van der Waals surface area contributed by atoms with E-state index in [-0.39, 0.29) is 5.28 Å². The van der Waals surface area contributed by atoms with Gasteiger partial charge in [-0.1, -0.05) is 6.92 Å². The Morgan fingerprint density at radius 3 is 2.70 bits per heavy atom. The van der Waals surface area contributed by atoms with Gasteiger partial charge in [0.2, 0.25) is 5.28 Å². The van der Waals surface area contributed by atoms with Crippen LogP contribution in [0, 0.1) is 3.57 Å². The zero-order valence-electron chi connectivity index (χ0n) is 10.7. The number of anilines is 2. The molecule has 0 spiro atoms. The lowest BCUT2D eigenvalue weighted by molar-refractivity contribution is 1.19. The van der Waals surface area contributed by atoms with Gasteiger partial charge in [-0.3, -0.25) is 0 Å². The Kier molecular flexibility index (Phi) is 4.09. The predicted octanol–water partition coefficient (Wildman–Crippen LogP) is 5.26. The number of thiophene rings is 1. The molecule has 0 saturated heterocycles. The van der Waals surface area contributed by atoms with Crippen LogP contribution in [0.15, 0.2) is 30.3 Å². The highest BCUT2D eigenvalue weighted by atomic mass is 127. The van der Waals surface area contributed by atoms with Crippen LogP contribution in [0.4, 0.5) is 11.5 Å². The van der Waals surface area contributed by atoms with E-state index in [1.165, 1.54) is 8.45 Å². The van der Waals surface area contributed by atoms with Crippen LogP contribution in [0.2, 0.25) is 5.28 Å². The average Bonchev–Trinajstić information content (AvgIpc) is 2.84. The van der Waals surface area contributed by atoms with Crippen LogP contribution in [0.5, 0.6) is 0 Å². The topological polar surface area (TPSA) is 37.8 Å². The molecule has 2 heterocycles. The van der Waals surface area contributed by atoms with E-state index in [1.807, 2.05) is 24.3 Å². The normalized spacial score (nSPS) is 10.9. The number of aryl methyl sites for hydroxylation is 1. The van der Waals surface area contributed by atoms with E-state index in [9.17, 15) is 0 Å². The fourth-order valence-electron chi connectivity index (χ4n) is 1.88. The van der Waals surface area contributed by atoms with Crippen molar-refractivity contribution in [1.29, 1.82) is 0 Å². The molecule has 0 saturated carbocycles. The summed E-state index contributed by atoms with van der Waals surface area (Å²) in [5.74, 6) is 0.761. The van der Waals surface area contributed by atoms with Crippen LogP contribution in [-0.4, -0.2) is 9.97 Å². The van der Waals surface area contributed by atoms with Gasteiger partial charge in [0.1, 0.15) is 10.6 Å². The maximum Gasteiger partial charge on any atom is 0.225 e. The molecule has 6 heteroatoms. The Morgan fingerprint density at radius 1 is 1.25 bits per heavy atom. The molecule has 0 aliphatic heterocycles. The van der Waals surface area contributed by atoms with E-state index in [4.69, 9.17) is 11.6 Å². The summed E-state index contributed by atoms with van der Waals surface area (Å²) in [6.45, 7) is 2.13. The third-order valence-electron chi connectivity index (χ3n) is 2.87. The smallest absolute Gasteiger partial charge is 0.225 e. The SMILES string of the molecule is CCc1cc2c(Nc3ccc(I)cc3)nc(Cl)nc2s1. The minimum Gasteiger partial charge on any atom is -0.340 e. The summed E-state index contributed by atoms with van der Waals surface area (Å²) in [4.78, 5) is 10.8. The van der Waals surface area contributed by atoms with Crippen LogP contribution >= 0.6 is 45.5 Å². The first-order valence-corrected chi connectivity index (χ1v) is 8.41. The lowest BCUT2D eigenvalue weighted by Gasteiger charge is -2.07. The van der Waals surface area contributed by atoms with Gasteiger partial charge in [0.05, 0.1) is 5.39 Å². The maximum absolute atomic E-state index is 6.01. The van der Waals surface area contributed by atoms with E-state index < -0.39 is 0 Å². The zero-order valence-corrected chi connectivity index (χ0v) is 14.4. The highest BCUT2D eigenvalue weighted by molar-refractivity contribution is 14.1. The Balaban J connectivity index is 2.05. The molecular weight excluding hydrogens is 405 g/mol. The largest absolute Gasteiger partial charge is 0.340 e. The van der Waals surface area contributed by atoms with Crippen molar-refractivity contribution in [2.45, 2.75) is 13.3 Å². The summed E-state index contributed by atoms with van der Waals surface area (Å²) < 4.78 is 1.20. The van der Waals surface area contributed by atoms with E-state index in [2.05, 4.69) is 50.9 Å². The molecule has 0 aliphatic rings. The summed E-state index contributed by atoms with van der Waals surface area (Å²) in [6.07, 6.45) is 0.988.